The summed E-state index contributed by atoms with van der Waals surface area (Å²) >= 11 is 0. The van der Waals surface area contributed by atoms with Gasteiger partial charge in [-0.25, -0.2) is 9.78 Å². The zero-order valence-corrected chi connectivity index (χ0v) is 17.2. The van der Waals surface area contributed by atoms with Crippen molar-refractivity contribution in [2.24, 2.45) is 0 Å². The van der Waals surface area contributed by atoms with Crippen LogP contribution in [0, 0.1) is 6.92 Å². The van der Waals surface area contributed by atoms with Crippen molar-refractivity contribution in [1.82, 2.24) is 10.1 Å². The zero-order chi connectivity index (χ0) is 22.0. The molecule has 1 N–H and O–H groups in total. The van der Waals surface area contributed by atoms with Gasteiger partial charge in [-0.15, -0.1) is 0 Å². The van der Waals surface area contributed by atoms with Gasteiger partial charge in [0.15, 0.2) is 5.76 Å². The van der Waals surface area contributed by atoms with Crippen LogP contribution < -0.4 is 10.2 Å². The molecule has 0 radical (unpaired) electrons. The Labute approximate surface area is 177 Å². The highest BCUT2D eigenvalue weighted by Crippen LogP contribution is 2.28. The van der Waals surface area contributed by atoms with E-state index in [1.54, 1.807) is 63.4 Å². The Morgan fingerprint density at radius 2 is 1.97 bits per heavy atom. The third-order valence-electron chi connectivity index (χ3n) is 4.69. The first kappa shape index (κ1) is 20.1. The number of pyridine rings is 1. The number of amides is 2. The molecule has 0 spiro atoms. The average molecular weight is 420 g/mol. The third kappa shape index (κ3) is 3.97. The average Bonchev–Trinajstić information content (AvgIpc) is 3.44. The molecule has 0 aliphatic rings. The molecular formula is C22H20N4O5. The number of furan rings is 1. The number of carbonyl (C=O) groups excluding carboxylic acids is 2. The van der Waals surface area contributed by atoms with E-state index in [1.807, 2.05) is 0 Å². The van der Waals surface area contributed by atoms with Crippen molar-refractivity contribution < 1.29 is 23.3 Å². The van der Waals surface area contributed by atoms with Gasteiger partial charge in [-0.1, -0.05) is 5.16 Å². The van der Waals surface area contributed by atoms with Crippen LogP contribution in [0.5, 0.6) is 0 Å². The largest absolute Gasteiger partial charge is 0.463 e. The molecule has 2 amide bonds. The predicted molar refractivity (Wildman–Crippen MR) is 114 cm³/mol. The molecule has 4 aromatic rings. The van der Waals surface area contributed by atoms with E-state index in [-0.39, 0.29) is 11.6 Å². The van der Waals surface area contributed by atoms with Crippen LogP contribution in [0.2, 0.25) is 0 Å². The molecule has 0 unspecified atom stereocenters. The van der Waals surface area contributed by atoms with Crippen LogP contribution in [0.4, 0.5) is 16.2 Å². The summed E-state index contributed by atoms with van der Waals surface area (Å²) in [7, 11) is 1.62. The van der Waals surface area contributed by atoms with E-state index in [1.165, 1.54) is 11.2 Å². The third-order valence-corrected chi connectivity index (χ3v) is 4.69. The number of nitrogens with zero attached hydrogens (tertiary/aromatic N) is 3. The molecule has 0 fully saturated rings. The number of anilines is 2. The number of fused-ring (bicyclic) bond motifs is 1. The first-order valence-electron chi connectivity index (χ1n) is 9.60. The molecule has 0 atom stereocenters. The minimum atomic E-state index is -0.452. The van der Waals surface area contributed by atoms with Gasteiger partial charge < -0.3 is 19.0 Å². The van der Waals surface area contributed by atoms with Gasteiger partial charge in [0.05, 0.1) is 29.5 Å². The van der Waals surface area contributed by atoms with E-state index in [2.05, 4.69) is 15.5 Å². The van der Waals surface area contributed by atoms with E-state index in [9.17, 15) is 9.59 Å². The second-order valence-corrected chi connectivity index (χ2v) is 6.74. The highest BCUT2D eigenvalue weighted by Gasteiger charge is 2.20. The van der Waals surface area contributed by atoms with E-state index in [0.29, 0.717) is 46.1 Å². The van der Waals surface area contributed by atoms with E-state index < -0.39 is 6.09 Å². The quantitative estimate of drug-likeness (QED) is 0.501. The fourth-order valence-corrected chi connectivity index (χ4v) is 3.12. The lowest BCUT2D eigenvalue weighted by Gasteiger charge is -2.17. The van der Waals surface area contributed by atoms with Crippen molar-refractivity contribution in [3.05, 3.63) is 60.0 Å². The van der Waals surface area contributed by atoms with Crippen LogP contribution in [0.15, 0.2) is 57.7 Å². The second-order valence-electron chi connectivity index (χ2n) is 6.74. The molecule has 3 heterocycles. The lowest BCUT2D eigenvalue weighted by atomic mass is 10.1. The standard InChI is InChI=1S/C22H20N4O5/c1-4-29-22(28)26(3)15-9-7-14(8-10-15)23-20(27)16-12-17(18-6-5-11-30-18)24-21-19(16)13(2)25-31-21/h5-12H,4H2,1-3H3,(H,23,27). The van der Waals surface area contributed by atoms with Gasteiger partial charge in [-0.05, 0) is 56.3 Å². The normalized spacial score (nSPS) is 10.8. The Balaban J connectivity index is 1.61. The van der Waals surface area contributed by atoms with Crippen LogP contribution in [0.1, 0.15) is 23.0 Å². The highest BCUT2D eigenvalue weighted by molar-refractivity contribution is 6.13. The molecule has 0 saturated heterocycles. The van der Waals surface area contributed by atoms with Crippen molar-refractivity contribution in [3.63, 3.8) is 0 Å². The number of aryl methyl sites for hydroxylation is 1. The first-order valence-corrected chi connectivity index (χ1v) is 9.60. The summed E-state index contributed by atoms with van der Waals surface area (Å²) < 4.78 is 15.7. The molecule has 31 heavy (non-hydrogen) atoms. The molecule has 1 aromatic carbocycles. The molecule has 9 nitrogen and oxygen atoms in total. The minimum Gasteiger partial charge on any atom is -0.463 e. The fraction of sp³-hybridized carbons (Fsp3) is 0.182. The maximum absolute atomic E-state index is 13.1. The SMILES string of the molecule is CCOC(=O)N(C)c1ccc(NC(=O)c2cc(-c3ccco3)nc3onc(C)c23)cc1. The summed E-state index contributed by atoms with van der Waals surface area (Å²) in [6.07, 6.45) is 1.08. The summed E-state index contributed by atoms with van der Waals surface area (Å²) in [5.41, 5.74) is 2.84. The molecular weight excluding hydrogens is 400 g/mol. The lowest BCUT2D eigenvalue weighted by molar-refractivity contribution is 0.102. The fourth-order valence-electron chi connectivity index (χ4n) is 3.12. The molecule has 0 aliphatic heterocycles. The monoisotopic (exact) mass is 420 g/mol. The number of ether oxygens (including phenoxy) is 1. The summed E-state index contributed by atoms with van der Waals surface area (Å²) in [5, 5.41) is 7.33. The summed E-state index contributed by atoms with van der Waals surface area (Å²) in [5.74, 6) is 0.161. The molecule has 0 saturated carbocycles. The summed E-state index contributed by atoms with van der Waals surface area (Å²) in [4.78, 5) is 30.7. The van der Waals surface area contributed by atoms with Crippen LogP contribution >= 0.6 is 0 Å². The Morgan fingerprint density at radius 3 is 2.65 bits per heavy atom. The Morgan fingerprint density at radius 1 is 1.19 bits per heavy atom. The van der Waals surface area contributed by atoms with E-state index in [4.69, 9.17) is 13.7 Å². The molecule has 9 heteroatoms. The lowest BCUT2D eigenvalue weighted by Crippen LogP contribution is -2.26. The maximum atomic E-state index is 13.1. The number of aromatic nitrogens is 2. The van der Waals surface area contributed by atoms with Crippen LogP contribution in [-0.2, 0) is 4.74 Å². The molecule has 3 aromatic heterocycles. The van der Waals surface area contributed by atoms with Crippen LogP contribution in [-0.4, -0.2) is 35.8 Å². The van der Waals surface area contributed by atoms with Gasteiger partial charge in [-0.2, -0.15) is 0 Å². The molecule has 158 valence electrons. The predicted octanol–water partition coefficient (Wildman–Crippen LogP) is 4.64. The zero-order valence-electron chi connectivity index (χ0n) is 17.2. The Kier molecular flexibility index (Phi) is 5.40. The molecule has 0 bridgehead atoms. The summed E-state index contributed by atoms with van der Waals surface area (Å²) in [6, 6.07) is 12.0. The van der Waals surface area contributed by atoms with Crippen molar-refractivity contribution in [2.45, 2.75) is 13.8 Å². The van der Waals surface area contributed by atoms with E-state index >= 15 is 0 Å². The summed E-state index contributed by atoms with van der Waals surface area (Å²) in [6.45, 7) is 3.78. The maximum Gasteiger partial charge on any atom is 0.413 e. The van der Waals surface area contributed by atoms with Crippen molar-refractivity contribution in [3.8, 4) is 11.5 Å². The topological polar surface area (TPSA) is 111 Å². The van der Waals surface area contributed by atoms with Crippen LogP contribution in [0.3, 0.4) is 0 Å². The van der Waals surface area contributed by atoms with Gasteiger partial charge in [0.1, 0.15) is 5.69 Å². The van der Waals surface area contributed by atoms with Gasteiger partial charge >= 0.3 is 6.09 Å². The van der Waals surface area contributed by atoms with Gasteiger partial charge in [-0.3, -0.25) is 9.69 Å². The van der Waals surface area contributed by atoms with Crippen molar-refractivity contribution in [1.29, 1.82) is 0 Å². The Bertz CT molecular complexity index is 1230. The second kappa shape index (κ2) is 8.31. The number of nitrogens with one attached hydrogen (secondary N) is 1. The highest BCUT2D eigenvalue weighted by atomic mass is 16.6. The number of hydrogen-bond acceptors (Lipinski definition) is 7. The number of carbonyl (C=O) groups is 2. The van der Waals surface area contributed by atoms with Gasteiger partial charge in [0.25, 0.3) is 11.6 Å². The number of hydrogen-bond donors (Lipinski definition) is 1. The molecule has 0 aliphatic carbocycles. The van der Waals surface area contributed by atoms with Crippen LogP contribution in [0.25, 0.3) is 22.6 Å². The smallest absolute Gasteiger partial charge is 0.413 e. The number of rotatable bonds is 5. The first-order chi connectivity index (χ1) is 15.0. The Hall–Kier alpha value is -4.14. The minimum absolute atomic E-state index is 0.253. The van der Waals surface area contributed by atoms with Gasteiger partial charge in [0.2, 0.25) is 0 Å². The van der Waals surface area contributed by atoms with Crippen molar-refractivity contribution >= 4 is 34.5 Å². The number of benzene rings is 1. The molecule has 4 rings (SSSR count). The van der Waals surface area contributed by atoms with E-state index in [0.717, 1.165) is 0 Å². The van der Waals surface area contributed by atoms with Crippen molar-refractivity contribution in [2.75, 3.05) is 23.9 Å². The van der Waals surface area contributed by atoms with Gasteiger partial charge in [0, 0.05) is 18.4 Å².